The molecule has 0 spiro atoms. The number of nitrogens with zero attached hydrogens (tertiary/aromatic N) is 1. The third kappa shape index (κ3) is 3.82. The van der Waals surface area contributed by atoms with Crippen molar-refractivity contribution in [2.45, 2.75) is 31.5 Å². The number of hydrogen-bond donors (Lipinski definition) is 2. The van der Waals surface area contributed by atoms with E-state index in [1.54, 1.807) is 0 Å². The molecule has 7 heteroatoms. The van der Waals surface area contributed by atoms with E-state index in [4.69, 9.17) is 5.73 Å². The smallest absolute Gasteiger partial charge is 0.369 e. The minimum atomic E-state index is -4.41. The Hall–Kier alpha value is -0.820. The van der Waals surface area contributed by atoms with Gasteiger partial charge < -0.3 is 11.1 Å². The summed E-state index contributed by atoms with van der Waals surface area (Å²) in [7, 11) is 0. The van der Waals surface area contributed by atoms with Gasteiger partial charge in [0, 0.05) is 23.3 Å². The van der Waals surface area contributed by atoms with Crippen LogP contribution < -0.4 is 11.1 Å². The number of anilines is 1. The lowest BCUT2D eigenvalue weighted by atomic mass is 10.1. The van der Waals surface area contributed by atoms with Gasteiger partial charge in [0.1, 0.15) is 5.82 Å². The molecule has 2 atom stereocenters. The first-order valence-corrected chi connectivity index (χ1v) is 6.87. The first-order chi connectivity index (χ1) is 8.86. The van der Waals surface area contributed by atoms with Crippen molar-refractivity contribution in [1.29, 1.82) is 0 Å². The van der Waals surface area contributed by atoms with Gasteiger partial charge in [-0.15, -0.1) is 0 Å². The molecule has 1 aliphatic carbocycles. The second kappa shape index (κ2) is 5.66. The number of aromatic nitrogens is 1. The van der Waals surface area contributed by atoms with Gasteiger partial charge in [0.15, 0.2) is 0 Å². The first kappa shape index (κ1) is 14.6. The van der Waals surface area contributed by atoms with E-state index in [9.17, 15) is 13.2 Å². The molecule has 1 aromatic heterocycles. The number of rotatable bonds is 3. The van der Waals surface area contributed by atoms with E-state index in [2.05, 4.69) is 26.2 Å². The lowest BCUT2D eigenvalue weighted by molar-refractivity contribution is -0.137. The molecule has 2 rings (SSSR count). The van der Waals surface area contributed by atoms with Gasteiger partial charge in [-0.2, -0.15) is 13.2 Å². The highest BCUT2D eigenvalue weighted by atomic mass is 79.9. The Balaban J connectivity index is 2.07. The third-order valence-corrected chi connectivity index (χ3v) is 3.73. The van der Waals surface area contributed by atoms with Crippen molar-refractivity contribution in [1.82, 2.24) is 4.98 Å². The molecular formula is C12H15BrF3N3. The van der Waals surface area contributed by atoms with Gasteiger partial charge in [-0.05, 0) is 47.2 Å². The lowest BCUT2D eigenvalue weighted by Crippen LogP contribution is -2.19. The van der Waals surface area contributed by atoms with Gasteiger partial charge in [-0.1, -0.05) is 0 Å². The van der Waals surface area contributed by atoms with Gasteiger partial charge in [0.05, 0.1) is 5.56 Å². The van der Waals surface area contributed by atoms with Crippen LogP contribution in [0.3, 0.4) is 0 Å². The second-order valence-electron chi connectivity index (χ2n) is 4.87. The summed E-state index contributed by atoms with van der Waals surface area (Å²) >= 11 is 3.01. The maximum atomic E-state index is 12.9. The number of pyridine rings is 1. The Bertz CT molecular complexity index is 450. The molecule has 2 unspecified atom stereocenters. The van der Waals surface area contributed by atoms with E-state index >= 15 is 0 Å². The van der Waals surface area contributed by atoms with E-state index < -0.39 is 11.7 Å². The van der Waals surface area contributed by atoms with E-state index in [1.165, 1.54) is 6.20 Å². The molecule has 0 amide bonds. The standard InChI is InChI=1S/C12H15BrF3N3/c13-8-4-10(12(14,15)16)11(19-6-8)18-5-7-1-2-9(17)3-7/h4,6-7,9H,1-3,5,17H2,(H,18,19). The van der Waals surface area contributed by atoms with Gasteiger partial charge in [-0.3, -0.25) is 0 Å². The maximum absolute atomic E-state index is 12.9. The van der Waals surface area contributed by atoms with Crippen LogP contribution in [-0.4, -0.2) is 17.6 Å². The number of nitrogens with one attached hydrogen (secondary N) is 1. The maximum Gasteiger partial charge on any atom is 0.419 e. The van der Waals surface area contributed by atoms with Crippen LogP contribution >= 0.6 is 15.9 Å². The van der Waals surface area contributed by atoms with Crippen molar-refractivity contribution in [3.63, 3.8) is 0 Å². The Morgan fingerprint density at radius 3 is 2.74 bits per heavy atom. The molecule has 0 saturated heterocycles. The fourth-order valence-electron chi connectivity index (χ4n) is 2.34. The highest BCUT2D eigenvalue weighted by Crippen LogP contribution is 2.35. The average Bonchev–Trinajstić information content (AvgIpc) is 2.72. The van der Waals surface area contributed by atoms with Gasteiger partial charge >= 0.3 is 6.18 Å². The summed E-state index contributed by atoms with van der Waals surface area (Å²) < 4.78 is 38.9. The fraction of sp³-hybridized carbons (Fsp3) is 0.583. The van der Waals surface area contributed by atoms with Crippen LogP contribution in [0.1, 0.15) is 24.8 Å². The molecule has 1 aromatic rings. The lowest BCUT2D eigenvalue weighted by Gasteiger charge is -2.16. The van der Waals surface area contributed by atoms with Crippen LogP contribution in [0.25, 0.3) is 0 Å². The Kier molecular flexibility index (Phi) is 4.35. The summed E-state index contributed by atoms with van der Waals surface area (Å²) in [5.41, 5.74) is 5.04. The molecule has 0 radical (unpaired) electrons. The SMILES string of the molecule is NC1CCC(CNc2ncc(Br)cc2C(F)(F)F)C1. The predicted octanol–water partition coefficient (Wildman–Crippen LogP) is 3.40. The van der Waals surface area contributed by atoms with Crippen molar-refractivity contribution < 1.29 is 13.2 Å². The number of halogens is 4. The summed E-state index contributed by atoms with van der Waals surface area (Å²) in [4.78, 5) is 3.82. The van der Waals surface area contributed by atoms with E-state index in [1.807, 2.05) is 0 Å². The quantitative estimate of drug-likeness (QED) is 0.888. The highest BCUT2D eigenvalue weighted by Gasteiger charge is 2.35. The predicted molar refractivity (Wildman–Crippen MR) is 70.7 cm³/mol. The van der Waals surface area contributed by atoms with Gasteiger partial charge in [0.2, 0.25) is 0 Å². The second-order valence-corrected chi connectivity index (χ2v) is 5.78. The summed E-state index contributed by atoms with van der Waals surface area (Å²) in [6.45, 7) is 0.478. The largest absolute Gasteiger partial charge is 0.419 e. The zero-order chi connectivity index (χ0) is 14.0. The molecule has 1 saturated carbocycles. The molecule has 0 bridgehead atoms. The van der Waals surface area contributed by atoms with E-state index in [-0.39, 0.29) is 11.9 Å². The molecular weight excluding hydrogens is 323 g/mol. The number of nitrogens with two attached hydrogens (primary N) is 1. The van der Waals surface area contributed by atoms with Crippen molar-refractivity contribution in [2.75, 3.05) is 11.9 Å². The molecule has 1 heterocycles. The molecule has 1 aliphatic rings. The normalized spacial score (nSPS) is 23.6. The van der Waals surface area contributed by atoms with Gasteiger partial charge in [-0.25, -0.2) is 4.98 Å². The van der Waals surface area contributed by atoms with Crippen molar-refractivity contribution >= 4 is 21.7 Å². The number of alkyl halides is 3. The topological polar surface area (TPSA) is 50.9 Å². The zero-order valence-corrected chi connectivity index (χ0v) is 11.8. The summed E-state index contributed by atoms with van der Waals surface area (Å²) in [6, 6.07) is 1.21. The van der Waals surface area contributed by atoms with Crippen LogP contribution in [0.5, 0.6) is 0 Å². The minimum Gasteiger partial charge on any atom is -0.369 e. The van der Waals surface area contributed by atoms with Crippen LogP contribution in [0.15, 0.2) is 16.7 Å². The minimum absolute atomic E-state index is 0.115. The monoisotopic (exact) mass is 337 g/mol. The highest BCUT2D eigenvalue weighted by molar-refractivity contribution is 9.10. The van der Waals surface area contributed by atoms with Crippen molar-refractivity contribution in [3.05, 3.63) is 22.3 Å². The zero-order valence-electron chi connectivity index (χ0n) is 10.2. The van der Waals surface area contributed by atoms with Crippen LogP contribution in [0.2, 0.25) is 0 Å². The van der Waals surface area contributed by atoms with E-state index in [0.29, 0.717) is 16.9 Å². The fourth-order valence-corrected chi connectivity index (χ4v) is 2.67. The molecule has 3 nitrogen and oxygen atoms in total. The van der Waals surface area contributed by atoms with Crippen molar-refractivity contribution in [3.8, 4) is 0 Å². The molecule has 0 aliphatic heterocycles. The summed E-state index contributed by atoms with van der Waals surface area (Å²) in [6.07, 6.45) is -0.313. The molecule has 1 fully saturated rings. The van der Waals surface area contributed by atoms with Crippen LogP contribution in [0.4, 0.5) is 19.0 Å². The van der Waals surface area contributed by atoms with Gasteiger partial charge in [0.25, 0.3) is 0 Å². The Morgan fingerprint density at radius 1 is 1.42 bits per heavy atom. The summed E-state index contributed by atoms with van der Waals surface area (Å²) in [5, 5.41) is 2.80. The number of hydrogen-bond acceptors (Lipinski definition) is 3. The van der Waals surface area contributed by atoms with E-state index in [0.717, 1.165) is 25.3 Å². The Morgan fingerprint density at radius 2 is 2.16 bits per heavy atom. The molecule has 106 valence electrons. The van der Waals surface area contributed by atoms with Crippen LogP contribution in [0, 0.1) is 5.92 Å². The average molecular weight is 338 g/mol. The van der Waals surface area contributed by atoms with Crippen LogP contribution in [-0.2, 0) is 6.18 Å². The van der Waals surface area contributed by atoms with Crippen molar-refractivity contribution in [2.24, 2.45) is 11.7 Å². The molecule has 0 aromatic carbocycles. The first-order valence-electron chi connectivity index (χ1n) is 6.08. The Labute approximate surface area is 117 Å². The molecule has 3 N–H and O–H groups in total. The molecule has 19 heavy (non-hydrogen) atoms. The third-order valence-electron chi connectivity index (χ3n) is 3.30. The summed E-state index contributed by atoms with van der Waals surface area (Å²) in [5.74, 6) is 0.206.